The number of Topliss-reactive ketones (excluding diaryl/α,β-unsaturated/α-hetero) is 1. The van der Waals surface area contributed by atoms with Gasteiger partial charge in [-0.15, -0.1) is 0 Å². The summed E-state index contributed by atoms with van der Waals surface area (Å²) in [5.74, 6) is 0.830. The van der Waals surface area contributed by atoms with Crippen molar-refractivity contribution >= 4 is 11.5 Å². The number of rotatable bonds is 4. The normalized spacial score (nSPS) is 18.2. The molecule has 1 aliphatic heterocycles. The van der Waals surface area contributed by atoms with Crippen LogP contribution in [0.1, 0.15) is 42.3 Å². The van der Waals surface area contributed by atoms with E-state index in [1.807, 2.05) is 31.2 Å². The maximum absolute atomic E-state index is 11.4. The second kappa shape index (κ2) is 6.25. The molecule has 1 heterocycles. The number of nitrogens with zero attached hydrogens (tertiary/aromatic N) is 2. The van der Waals surface area contributed by atoms with Crippen LogP contribution in [-0.2, 0) is 0 Å². The molecule has 4 nitrogen and oxygen atoms in total. The molecule has 2 aromatic rings. The minimum absolute atomic E-state index is 0.0536. The summed E-state index contributed by atoms with van der Waals surface area (Å²) in [6.45, 7) is 8.60. The first-order valence-corrected chi connectivity index (χ1v) is 8.39. The number of carbonyl (C=O) groups excluding carboxylic acids is 1. The van der Waals surface area contributed by atoms with Crippen LogP contribution in [0.4, 0.5) is 5.69 Å². The summed E-state index contributed by atoms with van der Waals surface area (Å²) >= 11 is 0. The van der Waals surface area contributed by atoms with Crippen LogP contribution in [0.2, 0.25) is 0 Å². The van der Waals surface area contributed by atoms with Crippen molar-refractivity contribution in [3.8, 4) is 11.8 Å². The second-order valence-corrected chi connectivity index (χ2v) is 7.06. The van der Waals surface area contributed by atoms with Gasteiger partial charge in [-0.1, -0.05) is 0 Å². The van der Waals surface area contributed by atoms with Crippen LogP contribution < -0.4 is 9.64 Å². The van der Waals surface area contributed by atoms with Crippen LogP contribution >= 0.6 is 0 Å². The first kappa shape index (κ1) is 17.0. The monoisotopic (exact) mass is 334 g/mol. The van der Waals surface area contributed by atoms with Gasteiger partial charge >= 0.3 is 0 Å². The molecule has 4 heteroatoms. The van der Waals surface area contributed by atoms with E-state index in [4.69, 9.17) is 10.00 Å². The second-order valence-electron chi connectivity index (χ2n) is 7.06. The van der Waals surface area contributed by atoms with E-state index in [-0.39, 0.29) is 17.4 Å². The predicted octanol–water partition coefficient (Wildman–Crippen LogP) is 4.12. The van der Waals surface area contributed by atoms with E-state index in [0.29, 0.717) is 11.1 Å². The van der Waals surface area contributed by atoms with Crippen LogP contribution in [-0.4, -0.2) is 24.0 Å². The molecule has 0 aromatic heterocycles. The van der Waals surface area contributed by atoms with Crippen molar-refractivity contribution in [2.24, 2.45) is 0 Å². The number of ketones is 1. The third-order valence-corrected chi connectivity index (χ3v) is 5.01. The third kappa shape index (κ3) is 3.10. The zero-order valence-corrected chi connectivity index (χ0v) is 15.0. The molecule has 0 unspecified atom stereocenters. The summed E-state index contributed by atoms with van der Waals surface area (Å²) < 4.78 is 6.12. The maximum atomic E-state index is 11.4. The van der Waals surface area contributed by atoms with Crippen molar-refractivity contribution in [3.63, 3.8) is 0 Å². The number of anilines is 1. The average Bonchev–Trinajstić information content (AvgIpc) is 2.58. The van der Waals surface area contributed by atoms with E-state index >= 15 is 0 Å². The van der Waals surface area contributed by atoms with Crippen molar-refractivity contribution in [2.45, 2.75) is 39.3 Å². The molecule has 3 rings (SSSR count). The summed E-state index contributed by atoms with van der Waals surface area (Å²) in [7, 11) is 0. The van der Waals surface area contributed by atoms with Gasteiger partial charge < -0.3 is 9.64 Å². The topological polar surface area (TPSA) is 53.3 Å². The van der Waals surface area contributed by atoms with Gasteiger partial charge in [0, 0.05) is 11.3 Å². The lowest BCUT2D eigenvalue weighted by atomic mass is 9.84. The van der Waals surface area contributed by atoms with Gasteiger partial charge in [-0.25, -0.2) is 0 Å². The molecule has 0 N–H and O–H groups in total. The van der Waals surface area contributed by atoms with Crippen molar-refractivity contribution < 1.29 is 9.53 Å². The van der Waals surface area contributed by atoms with Gasteiger partial charge in [0.1, 0.15) is 11.9 Å². The van der Waals surface area contributed by atoms with Gasteiger partial charge in [0.15, 0.2) is 5.78 Å². The maximum Gasteiger partial charge on any atom is 0.159 e. The van der Waals surface area contributed by atoms with Crippen molar-refractivity contribution in [2.75, 3.05) is 11.4 Å². The Morgan fingerprint density at radius 1 is 1.24 bits per heavy atom. The Morgan fingerprint density at radius 3 is 2.44 bits per heavy atom. The van der Waals surface area contributed by atoms with Crippen molar-refractivity contribution in [1.29, 1.82) is 5.26 Å². The minimum atomic E-state index is -0.153. The van der Waals surface area contributed by atoms with Gasteiger partial charge in [-0.05, 0) is 75.7 Å². The number of nitriles is 1. The number of hydrogen-bond donors (Lipinski definition) is 0. The van der Waals surface area contributed by atoms with Gasteiger partial charge in [-0.2, -0.15) is 5.26 Å². The Bertz CT molecular complexity index is 847. The van der Waals surface area contributed by atoms with E-state index < -0.39 is 0 Å². The molecule has 25 heavy (non-hydrogen) atoms. The Morgan fingerprint density at radius 2 is 1.92 bits per heavy atom. The largest absolute Gasteiger partial charge is 0.486 e. The fourth-order valence-electron chi connectivity index (χ4n) is 3.18. The zero-order chi connectivity index (χ0) is 18.2. The van der Waals surface area contributed by atoms with Crippen molar-refractivity contribution in [1.82, 2.24) is 0 Å². The predicted molar refractivity (Wildman–Crippen MR) is 98.2 cm³/mol. The molecular formula is C21H22N2O2. The third-order valence-electron chi connectivity index (χ3n) is 5.01. The van der Waals surface area contributed by atoms with Crippen LogP contribution in [0.15, 0.2) is 42.5 Å². The fourth-order valence-corrected chi connectivity index (χ4v) is 3.18. The number of ether oxygens (including phenoxy) is 1. The molecule has 2 aromatic carbocycles. The van der Waals surface area contributed by atoms with E-state index in [1.54, 1.807) is 19.1 Å². The lowest BCUT2D eigenvalue weighted by Crippen LogP contribution is -2.70. The van der Waals surface area contributed by atoms with Gasteiger partial charge in [0.2, 0.25) is 0 Å². The summed E-state index contributed by atoms with van der Waals surface area (Å²) in [5, 5.41) is 9.08. The molecule has 0 aliphatic carbocycles. The lowest BCUT2D eigenvalue weighted by molar-refractivity contribution is 0.0651. The minimum Gasteiger partial charge on any atom is -0.486 e. The molecule has 1 aliphatic rings. The smallest absolute Gasteiger partial charge is 0.159 e. The Labute approximate surface area is 148 Å². The van der Waals surface area contributed by atoms with E-state index in [1.165, 1.54) is 0 Å². The van der Waals surface area contributed by atoms with Crippen LogP contribution in [0.25, 0.3) is 0 Å². The molecular weight excluding hydrogens is 312 g/mol. The molecule has 128 valence electrons. The number of benzene rings is 2. The van der Waals surface area contributed by atoms with Crippen LogP contribution in [0, 0.1) is 18.3 Å². The van der Waals surface area contributed by atoms with Crippen LogP contribution in [0.5, 0.6) is 5.75 Å². The molecule has 0 bridgehead atoms. The fraction of sp³-hybridized carbons (Fsp3) is 0.333. The van der Waals surface area contributed by atoms with E-state index in [0.717, 1.165) is 23.5 Å². The molecule has 1 saturated heterocycles. The van der Waals surface area contributed by atoms with E-state index in [2.05, 4.69) is 30.9 Å². The number of carbonyl (C=O) groups is 1. The highest BCUT2D eigenvalue weighted by atomic mass is 16.5. The number of aryl methyl sites for hydroxylation is 1. The molecule has 0 saturated carbocycles. The lowest BCUT2D eigenvalue weighted by Gasteiger charge is -2.55. The standard InChI is InChI=1S/C21H22N2O2/c1-14-11-18(8-5-17(14)12-22)23-13-20(21(23,3)4)25-19-9-6-16(7-10-19)15(2)24/h5-11,20H,13H2,1-4H3/t20-/m1/s1. The average molecular weight is 334 g/mol. The summed E-state index contributed by atoms with van der Waals surface area (Å²) in [6.07, 6.45) is 0.0617. The highest BCUT2D eigenvalue weighted by Crippen LogP contribution is 2.38. The zero-order valence-electron chi connectivity index (χ0n) is 15.0. The molecule has 1 atom stereocenters. The highest BCUT2D eigenvalue weighted by Gasteiger charge is 2.48. The van der Waals surface area contributed by atoms with Gasteiger partial charge in [0.05, 0.1) is 23.7 Å². The summed E-state index contributed by atoms with van der Waals surface area (Å²) in [4.78, 5) is 13.6. The first-order chi connectivity index (χ1) is 11.8. The van der Waals surface area contributed by atoms with Crippen molar-refractivity contribution in [3.05, 3.63) is 59.2 Å². The molecule has 1 fully saturated rings. The Kier molecular flexibility index (Phi) is 4.26. The molecule has 0 amide bonds. The summed E-state index contributed by atoms with van der Waals surface area (Å²) in [5.41, 5.74) is 3.34. The SMILES string of the molecule is CC(=O)c1ccc(O[C@@H]2CN(c3ccc(C#N)c(C)c3)C2(C)C)cc1. The van der Waals surface area contributed by atoms with Gasteiger partial charge in [0.25, 0.3) is 0 Å². The number of hydrogen-bond acceptors (Lipinski definition) is 4. The Hall–Kier alpha value is -2.80. The summed E-state index contributed by atoms with van der Waals surface area (Å²) in [6, 6.07) is 15.4. The molecule has 0 radical (unpaired) electrons. The van der Waals surface area contributed by atoms with E-state index in [9.17, 15) is 4.79 Å². The van der Waals surface area contributed by atoms with Gasteiger partial charge in [-0.3, -0.25) is 4.79 Å². The van der Waals surface area contributed by atoms with Crippen LogP contribution in [0.3, 0.4) is 0 Å². The first-order valence-electron chi connectivity index (χ1n) is 8.39. The highest BCUT2D eigenvalue weighted by molar-refractivity contribution is 5.94. The molecule has 0 spiro atoms. The quantitative estimate of drug-likeness (QED) is 0.789. The Balaban J connectivity index is 1.72.